The number of hydrogen-bond acceptors (Lipinski definition) is 2. The van der Waals surface area contributed by atoms with Crippen LogP contribution < -0.4 is 4.90 Å². The van der Waals surface area contributed by atoms with Crippen molar-refractivity contribution in [1.82, 2.24) is 0 Å². The summed E-state index contributed by atoms with van der Waals surface area (Å²) in [4.78, 5) is 2.43. The van der Waals surface area contributed by atoms with Crippen molar-refractivity contribution in [3.05, 3.63) is 139 Å². The number of rotatable bonds is 3. The summed E-state index contributed by atoms with van der Waals surface area (Å²) in [5.41, 5.74) is 4.82. The summed E-state index contributed by atoms with van der Waals surface area (Å²) in [6, 6.07) is 48.8. The van der Waals surface area contributed by atoms with E-state index in [0.717, 1.165) is 11.4 Å². The predicted molar refractivity (Wildman–Crippen MR) is 171 cm³/mol. The van der Waals surface area contributed by atoms with Crippen molar-refractivity contribution in [2.45, 2.75) is 6.92 Å². The lowest BCUT2D eigenvalue weighted by atomic mass is 9.93. The molecule has 39 heavy (non-hydrogen) atoms. The Hall–Kier alpha value is -4.66. The number of benzene rings is 7. The zero-order valence-electron chi connectivity index (χ0n) is 21.6. The highest BCUT2D eigenvalue weighted by Crippen LogP contribution is 2.45. The van der Waals surface area contributed by atoms with Crippen LogP contribution in [-0.2, 0) is 0 Å². The largest absolute Gasteiger partial charge is 0.310 e. The van der Waals surface area contributed by atoms with Crippen molar-refractivity contribution in [3.8, 4) is 0 Å². The Balaban J connectivity index is 1.49. The molecule has 0 unspecified atom stereocenters. The van der Waals surface area contributed by atoms with Gasteiger partial charge in [0, 0.05) is 36.9 Å². The number of hydrogen-bond donors (Lipinski definition) is 0. The SMILES string of the molecule is Cc1cc2c3ccccc3c(N(c3ccccc3)c3ccc4sc5ccccc5c4c3)cc2c2ccccc12. The number of thiophene rings is 1. The second-order valence-electron chi connectivity index (χ2n) is 10.2. The van der Waals surface area contributed by atoms with E-state index in [2.05, 4.69) is 145 Å². The molecule has 8 rings (SSSR count). The van der Waals surface area contributed by atoms with Crippen LogP contribution >= 0.6 is 11.3 Å². The van der Waals surface area contributed by atoms with Gasteiger partial charge in [0.1, 0.15) is 0 Å². The number of anilines is 3. The van der Waals surface area contributed by atoms with Crippen LogP contribution in [0.1, 0.15) is 5.56 Å². The Morgan fingerprint density at radius 1 is 0.410 bits per heavy atom. The van der Waals surface area contributed by atoms with Crippen molar-refractivity contribution < 1.29 is 0 Å². The van der Waals surface area contributed by atoms with Gasteiger partial charge < -0.3 is 4.90 Å². The van der Waals surface area contributed by atoms with Gasteiger partial charge in [0.25, 0.3) is 0 Å². The second-order valence-corrected chi connectivity index (χ2v) is 11.3. The summed E-state index contributed by atoms with van der Waals surface area (Å²) in [5, 5.41) is 10.3. The van der Waals surface area contributed by atoms with Gasteiger partial charge in [0.15, 0.2) is 0 Å². The molecule has 184 valence electrons. The minimum atomic E-state index is 1.15. The Bertz CT molecular complexity index is 2190. The summed E-state index contributed by atoms with van der Waals surface area (Å²) in [6.45, 7) is 2.22. The summed E-state index contributed by atoms with van der Waals surface area (Å²) in [7, 11) is 0. The van der Waals surface area contributed by atoms with E-state index in [-0.39, 0.29) is 0 Å². The van der Waals surface area contributed by atoms with Crippen LogP contribution in [-0.4, -0.2) is 0 Å². The minimum Gasteiger partial charge on any atom is -0.310 e. The molecule has 0 saturated heterocycles. The smallest absolute Gasteiger partial charge is 0.0546 e. The molecule has 0 N–H and O–H groups in total. The van der Waals surface area contributed by atoms with Gasteiger partial charge in [0.05, 0.1) is 5.69 Å². The molecule has 2 heteroatoms. The maximum absolute atomic E-state index is 2.43. The maximum atomic E-state index is 2.43. The second kappa shape index (κ2) is 8.69. The summed E-state index contributed by atoms with van der Waals surface area (Å²) in [5.74, 6) is 0. The molecule has 0 aliphatic rings. The molecular weight excluding hydrogens is 490 g/mol. The molecule has 0 aliphatic carbocycles. The first-order valence-electron chi connectivity index (χ1n) is 13.4. The van der Waals surface area contributed by atoms with Gasteiger partial charge in [-0.25, -0.2) is 0 Å². The van der Waals surface area contributed by atoms with Crippen LogP contribution in [0.3, 0.4) is 0 Å². The molecule has 0 atom stereocenters. The standard InChI is InChI=1S/C37H25NS/c1-24-21-32-29-15-7-8-16-30(29)35(23-33(32)28-14-6-5-13-27(24)28)38(25-11-3-2-4-12-25)26-19-20-37-34(22-26)31-17-9-10-18-36(31)39-37/h2-23H,1H3. The van der Waals surface area contributed by atoms with E-state index in [0.29, 0.717) is 0 Å². The molecule has 0 aliphatic heterocycles. The highest BCUT2D eigenvalue weighted by Gasteiger charge is 2.19. The van der Waals surface area contributed by atoms with E-state index < -0.39 is 0 Å². The number of para-hydroxylation sites is 1. The van der Waals surface area contributed by atoms with Crippen molar-refractivity contribution in [3.63, 3.8) is 0 Å². The van der Waals surface area contributed by atoms with Gasteiger partial charge in [0.2, 0.25) is 0 Å². The molecule has 1 nitrogen and oxygen atoms in total. The lowest BCUT2D eigenvalue weighted by molar-refractivity contribution is 1.31. The third-order valence-electron chi connectivity index (χ3n) is 7.94. The van der Waals surface area contributed by atoms with Gasteiger partial charge in [-0.05, 0) is 81.9 Å². The van der Waals surface area contributed by atoms with Crippen LogP contribution in [0.4, 0.5) is 17.1 Å². The summed E-state index contributed by atoms with van der Waals surface area (Å²) >= 11 is 1.86. The summed E-state index contributed by atoms with van der Waals surface area (Å²) < 4.78 is 2.65. The molecular formula is C37H25NS. The molecule has 8 aromatic rings. The third-order valence-corrected chi connectivity index (χ3v) is 9.09. The molecule has 1 heterocycles. The topological polar surface area (TPSA) is 3.24 Å². The molecule has 0 fully saturated rings. The molecule has 0 saturated carbocycles. The van der Waals surface area contributed by atoms with E-state index in [9.17, 15) is 0 Å². The van der Waals surface area contributed by atoms with E-state index in [1.165, 1.54) is 63.7 Å². The van der Waals surface area contributed by atoms with Crippen LogP contribution in [0, 0.1) is 6.92 Å². The van der Waals surface area contributed by atoms with Crippen LogP contribution in [0.2, 0.25) is 0 Å². The number of fused-ring (bicyclic) bond motifs is 8. The quantitative estimate of drug-likeness (QED) is 0.212. The average Bonchev–Trinajstić information content (AvgIpc) is 3.37. The Labute approximate surface area is 231 Å². The Kier molecular flexibility index (Phi) is 4.98. The molecule has 0 bridgehead atoms. The lowest BCUT2D eigenvalue weighted by Crippen LogP contribution is -2.10. The minimum absolute atomic E-state index is 1.15. The Morgan fingerprint density at radius 3 is 1.79 bits per heavy atom. The third kappa shape index (κ3) is 3.46. The van der Waals surface area contributed by atoms with Crippen molar-refractivity contribution in [1.29, 1.82) is 0 Å². The first-order valence-corrected chi connectivity index (χ1v) is 14.2. The maximum Gasteiger partial charge on any atom is 0.0546 e. The predicted octanol–water partition coefficient (Wildman–Crippen LogP) is 11.3. The normalized spacial score (nSPS) is 11.7. The average molecular weight is 516 g/mol. The lowest BCUT2D eigenvalue weighted by Gasteiger charge is -2.28. The van der Waals surface area contributed by atoms with Gasteiger partial charge in [-0.1, -0.05) is 91.0 Å². The van der Waals surface area contributed by atoms with E-state index >= 15 is 0 Å². The van der Waals surface area contributed by atoms with Crippen LogP contribution in [0.5, 0.6) is 0 Å². The molecule has 1 aromatic heterocycles. The van der Waals surface area contributed by atoms with Crippen LogP contribution in [0.25, 0.3) is 52.5 Å². The Morgan fingerprint density at radius 2 is 1.00 bits per heavy atom. The highest BCUT2D eigenvalue weighted by atomic mass is 32.1. The zero-order chi connectivity index (χ0) is 25.9. The monoisotopic (exact) mass is 515 g/mol. The first kappa shape index (κ1) is 22.3. The highest BCUT2D eigenvalue weighted by molar-refractivity contribution is 7.25. The fraction of sp³-hybridized carbons (Fsp3) is 0.0270. The van der Waals surface area contributed by atoms with E-state index in [1.807, 2.05) is 11.3 Å². The molecule has 0 radical (unpaired) electrons. The van der Waals surface area contributed by atoms with Crippen molar-refractivity contribution in [2.75, 3.05) is 4.90 Å². The van der Waals surface area contributed by atoms with Crippen molar-refractivity contribution in [2.24, 2.45) is 0 Å². The zero-order valence-corrected chi connectivity index (χ0v) is 22.4. The van der Waals surface area contributed by atoms with E-state index in [1.54, 1.807) is 0 Å². The van der Waals surface area contributed by atoms with Crippen molar-refractivity contribution >= 4 is 80.9 Å². The van der Waals surface area contributed by atoms with Gasteiger partial charge in [-0.15, -0.1) is 11.3 Å². The van der Waals surface area contributed by atoms with Gasteiger partial charge in [-0.3, -0.25) is 0 Å². The fourth-order valence-corrected chi connectivity index (χ4v) is 7.24. The number of nitrogens with zero attached hydrogens (tertiary/aromatic N) is 1. The van der Waals surface area contributed by atoms with Gasteiger partial charge >= 0.3 is 0 Å². The molecule has 7 aromatic carbocycles. The van der Waals surface area contributed by atoms with E-state index in [4.69, 9.17) is 0 Å². The van der Waals surface area contributed by atoms with Crippen LogP contribution in [0.15, 0.2) is 133 Å². The van der Waals surface area contributed by atoms with Gasteiger partial charge in [-0.2, -0.15) is 0 Å². The number of aryl methyl sites for hydroxylation is 1. The first-order chi connectivity index (χ1) is 19.3. The molecule has 0 amide bonds. The molecule has 0 spiro atoms. The fourth-order valence-electron chi connectivity index (χ4n) is 6.16. The summed E-state index contributed by atoms with van der Waals surface area (Å²) in [6.07, 6.45) is 0.